The number of carbonyl (C=O) groups excluding carboxylic acids is 2. The van der Waals surface area contributed by atoms with Crippen molar-refractivity contribution in [1.82, 2.24) is 10.6 Å². The molecule has 1 saturated heterocycles. The monoisotopic (exact) mass is 116 g/mol. The predicted octanol–water partition coefficient (Wildman–Crippen LogP) is -0.886. The van der Waals surface area contributed by atoms with Gasteiger partial charge in [0.05, 0.1) is 0 Å². The minimum absolute atomic E-state index is 0.0463. The largest absolute Gasteiger partial charge is 0.336 e. The van der Waals surface area contributed by atoms with E-state index < -0.39 is 0 Å². The summed E-state index contributed by atoms with van der Waals surface area (Å²) in [5.41, 5.74) is 0. The van der Waals surface area contributed by atoms with Crippen LogP contribution in [-0.2, 0) is 4.79 Å². The van der Waals surface area contributed by atoms with Gasteiger partial charge in [-0.1, -0.05) is 0 Å². The average Bonchev–Trinajstić information content (AvgIpc) is 2.24. The molecule has 0 radical (unpaired) electrons. The molecular weight excluding hydrogens is 108 g/mol. The summed E-state index contributed by atoms with van der Waals surface area (Å²) in [7, 11) is 0. The molecular formula is C4H8N2O2. The SMILES string of the molecule is C=O.O=C1NCCN1. The molecule has 1 rings (SSSR count). The van der Waals surface area contributed by atoms with Crippen molar-refractivity contribution in [2.45, 2.75) is 0 Å². The maximum atomic E-state index is 10.0. The van der Waals surface area contributed by atoms with Crippen molar-refractivity contribution < 1.29 is 9.59 Å². The summed E-state index contributed by atoms with van der Waals surface area (Å²) in [5.74, 6) is 0. The number of urea groups is 1. The van der Waals surface area contributed by atoms with E-state index in [1.807, 2.05) is 6.79 Å². The second-order valence-corrected chi connectivity index (χ2v) is 1.18. The van der Waals surface area contributed by atoms with Crippen LogP contribution in [0.1, 0.15) is 0 Å². The third kappa shape index (κ3) is 2.17. The molecule has 4 nitrogen and oxygen atoms in total. The lowest BCUT2D eigenvalue weighted by molar-refractivity contribution is -0.0979. The van der Waals surface area contributed by atoms with Gasteiger partial charge in [-0.05, 0) is 0 Å². The Bertz CT molecular complexity index is 76.1. The summed E-state index contributed by atoms with van der Waals surface area (Å²) in [5, 5.41) is 5.14. The molecule has 4 heteroatoms. The minimum Gasteiger partial charge on any atom is -0.336 e. The Kier molecular flexibility index (Phi) is 3.56. The van der Waals surface area contributed by atoms with Gasteiger partial charge in [-0.2, -0.15) is 0 Å². The summed E-state index contributed by atoms with van der Waals surface area (Å²) >= 11 is 0. The average molecular weight is 116 g/mol. The van der Waals surface area contributed by atoms with Crippen molar-refractivity contribution >= 4 is 12.8 Å². The number of rotatable bonds is 0. The molecule has 2 amide bonds. The van der Waals surface area contributed by atoms with E-state index in [2.05, 4.69) is 10.6 Å². The van der Waals surface area contributed by atoms with Crippen LogP contribution in [-0.4, -0.2) is 25.9 Å². The fourth-order valence-corrected chi connectivity index (χ4v) is 0.415. The lowest BCUT2D eigenvalue weighted by Gasteiger charge is -1.80. The van der Waals surface area contributed by atoms with Crippen molar-refractivity contribution in [3.05, 3.63) is 0 Å². The second-order valence-electron chi connectivity index (χ2n) is 1.18. The first-order chi connectivity index (χ1) is 3.89. The third-order valence-corrected chi connectivity index (χ3v) is 0.696. The van der Waals surface area contributed by atoms with Gasteiger partial charge in [0.15, 0.2) is 0 Å². The normalized spacial score (nSPS) is 15.2. The van der Waals surface area contributed by atoms with Crippen LogP contribution < -0.4 is 10.6 Å². The van der Waals surface area contributed by atoms with Crippen molar-refractivity contribution in [3.63, 3.8) is 0 Å². The molecule has 0 atom stereocenters. The van der Waals surface area contributed by atoms with Crippen molar-refractivity contribution in [2.24, 2.45) is 0 Å². The van der Waals surface area contributed by atoms with E-state index in [1.165, 1.54) is 0 Å². The zero-order chi connectivity index (χ0) is 6.41. The number of amides is 2. The molecule has 0 unspecified atom stereocenters. The van der Waals surface area contributed by atoms with Crippen LogP contribution in [0.15, 0.2) is 0 Å². The number of hydrogen-bond acceptors (Lipinski definition) is 2. The summed E-state index contributed by atoms with van der Waals surface area (Å²) < 4.78 is 0. The zero-order valence-corrected chi connectivity index (χ0v) is 4.44. The standard InChI is InChI=1S/C3H6N2O.CH2O/c6-3-4-1-2-5-3;1-2/h1-2H2,(H2,4,5,6);1H2. The first kappa shape index (κ1) is 6.94. The molecule has 46 valence electrons. The van der Waals surface area contributed by atoms with Gasteiger partial charge in [-0.3, -0.25) is 0 Å². The lowest BCUT2D eigenvalue weighted by atomic mass is 10.7. The lowest BCUT2D eigenvalue weighted by Crippen LogP contribution is -2.20. The summed E-state index contributed by atoms with van der Waals surface area (Å²) in [6, 6.07) is -0.0463. The van der Waals surface area contributed by atoms with Gasteiger partial charge in [-0.15, -0.1) is 0 Å². The van der Waals surface area contributed by atoms with Crippen molar-refractivity contribution in [2.75, 3.05) is 13.1 Å². The van der Waals surface area contributed by atoms with E-state index in [9.17, 15) is 4.79 Å². The molecule has 1 fully saturated rings. The minimum atomic E-state index is -0.0463. The fourth-order valence-electron chi connectivity index (χ4n) is 0.415. The smallest absolute Gasteiger partial charge is 0.314 e. The highest BCUT2D eigenvalue weighted by molar-refractivity contribution is 5.75. The summed E-state index contributed by atoms with van der Waals surface area (Å²) in [6.45, 7) is 3.55. The van der Waals surface area contributed by atoms with Gasteiger partial charge in [0.25, 0.3) is 0 Å². The van der Waals surface area contributed by atoms with Crippen LogP contribution in [0.4, 0.5) is 4.79 Å². The molecule has 0 spiro atoms. The quantitative estimate of drug-likeness (QED) is 0.431. The van der Waals surface area contributed by atoms with Gasteiger partial charge in [0.2, 0.25) is 0 Å². The molecule has 0 aliphatic carbocycles. The summed E-state index contributed by atoms with van der Waals surface area (Å²) in [6.07, 6.45) is 0. The molecule has 0 bridgehead atoms. The highest BCUT2D eigenvalue weighted by Gasteiger charge is 2.02. The first-order valence-electron chi connectivity index (χ1n) is 2.20. The number of hydrogen-bond donors (Lipinski definition) is 2. The Morgan fingerprint density at radius 1 is 1.25 bits per heavy atom. The van der Waals surface area contributed by atoms with Gasteiger partial charge in [0, 0.05) is 13.1 Å². The molecule has 0 aromatic carbocycles. The molecule has 1 aliphatic rings. The molecule has 0 aromatic rings. The van der Waals surface area contributed by atoms with E-state index in [0.29, 0.717) is 0 Å². The van der Waals surface area contributed by atoms with Crippen LogP contribution in [0.5, 0.6) is 0 Å². The Balaban J connectivity index is 0.000000222. The van der Waals surface area contributed by atoms with E-state index in [1.54, 1.807) is 0 Å². The Morgan fingerprint density at radius 2 is 1.62 bits per heavy atom. The Morgan fingerprint density at radius 3 is 1.75 bits per heavy atom. The van der Waals surface area contributed by atoms with Gasteiger partial charge in [0.1, 0.15) is 6.79 Å². The topological polar surface area (TPSA) is 58.2 Å². The van der Waals surface area contributed by atoms with Crippen LogP contribution in [0.3, 0.4) is 0 Å². The second kappa shape index (κ2) is 4.11. The van der Waals surface area contributed by atoms with Crippen LogP contribution in [0.25, 0.3) is 0 Å². The third-order valence-electron chi connectivity index (χ3n) is 0.696. The molecule has 1 aliphatic heterocycles. The zero-order valence-electron chi connectivity index (χ0n) is 4.44. The number of carbonyl (C=O) groups is 2. The Hall–Kier alpha value is -1.06. The maximum Gasteiger partial charge on any atom is 0.314 e. The van der Waals surface area contributed by atoms with E-state index >= 15 is 0 Å². The van der Waals surface area contributed by atoms with E-state index in [4.69, 9.17) is 4.79 Å². The van der Waals surface area contributed by atoms with Crippen LogP contribution in [0, 0.1) is 0 Å². The fraction of sp³-hybridized carbons (Fsp3) is 0.500. The first-order valence-corrected chi connectivity index (χ1v) is 2.20. The van der Waals surface area contributed by atoms with E-state index in [-0.39, 0.29) is 6.03 Å². The van der Waals surface area contributed by atoms with Crippen molar-refractivity contribution in [1.29, 1.82) is 0 Å². The van der Waals surface area contributed by atoms with Gasteiger partial charge >= 0.3 is 6.03 Å². The predicted molar refractivity (Wildman–Crippen MR) is 28.5 cm³/mol. The number of nitrogens with one attached hydrogen (secondary N) is 2. The van der Waals surface area contributed by atoms with Crippen molar-refractivity contribution in [3.8, 4) is 0 Å². The Labute approximate surface area is 47.3 Å². The molecule has 0 saturated carbocycles. The molecule has 0 aromatic heterocycles. The van der Waals surface area contributed by atoms with Gasteiger partial charge in [-0.25, -0.2) is 4.79 Å². The summed E-state index contributed by atoms with van der Waals surface area (Å²) in [4.78, 5) is 18.0. The highest BCUT2D eigenvalue weighted by atomic mass is 16.2. The van der Waals surface area contributed by atoms with Gasteiger partial charge < -0.3 is 15.4 Å². The molecule has 1 heterocycles. The molecule has 2 N–H and O–H groups in total. The maximum absolute atomic E-state index is 10.0. The molecule has 8 heavy (non-hydrogen) atoms. The van der Waals surface area contributed by atoms with Crippen LogP contribution >= 0.6 is 0 Å². The highest BCUT2D eigenvalue weighted by Crippen LogP contribution is 1.69. The van der Waals surface area contributed by atoms with Crippen LogP contribution in [0.2, 0.25) is 0 Å². The van der Waals surface area contributed by atoms with E-state index in [0.717, 1.165) is 13.1 Å².